The molecule has 0 aliphatic carbocycles. The second-order valence-corrected chi connectivity index (χ2v) is 3.06. The van der Waals surface area contributed by atoms with Crippen molar-refractivity contribution in [2.45, 2.75) is 0 Å². The summed E-state index contributed by atoms with van der Waals surface area (Å²) in [5.41, 5.74) is 0.565. The smallest absolute Gasteiger partial charge is 0.397 e. The number of rotatable bonds is 2. The number of methoxy groups -OCH3 is 2. The highest BCUT2D eigenvalue weighted by atomic mass is 16.5. The van der Waals surface area contributed by atoms with Crippen LogP contribution in [0.3, 0.4) is 0 Å². The lowest BCUT2D eigenvalue weighted by Gasteiger charge is -2.16. The van der Waals surface area contributed by atoms with E-state index in [0.717, 1.165) is 0 Å². The maximum Gasteiger partial charge on any atom is 0.397 e. The number of amides is 1. The summed E-state index contributed by atoms with van der Waals surface area (Å²) in [6.45, 7) is 0. The van der Waals surface area contributed by atoms with E-state index in [9.17, 15) is 9.59 Å². The van der Waals surface area contributed by atoms with E-state index in [-0.39, 0.29) is 0 Å². The van der Waals surface area contributed by atoms with E-state index in [4.69, 9.17) is 4.74 Å². The Labute approximate surface area is 93.6 Å². The van der Waals surface area contributed by atoms with Gasteiger partial charge in [-0.3, -0.25) is 4.79 Å². The van der Waals surface area contributed by atoms with Gasteiger partial charge in [-0.05, 0) is 12.1 Å². The van der Waals surface area contributed by atoms with E-state index >= 15 is 0 Å². The molecule has 1 aromatic carbocycles. The number of carbonyl (C=O) groups is 2. The third kappa shape index (κ3) is 2.50. The van der Waals surface area contributed by atoms with Gasteiger partial charge in [0.1, 0.15) is 5.75 Å². The molecule has 0 bridgehead atoms. The normalized spacial score (nSPS) is 9.44. The van der Waals surface area contributed by atoms with Crippen LogP contribution in [-0.4, -0.2) is 33.1 Å². The molecule has 0 heterocycles. The molecule has 1 amide bonds. The van der Waals surface area contributed by atoms with Gasteiger partial charge in [0.25, 0.3) is 0 Å². The van der Waals surface area contributed by atoms with Gasteiger partial charge < -0.3 is 14.4 Å². The minimum Gasteiger partial charge on any atom is -0.497 e. The lowest BCUT2D eigenvalue weighted by Crippen LogP contribution is -2.33. The Morgan fingerprint density at radius 1 is 1.25 bits per heavy atom. The van der Waals surface area contributed by atoms with Crippen LogP contribution in [0, 0.1) is 0 Å². The molecule has 0 saturated carbocycles. The average molecular weight is 223 g/mol. The van der Waals surface area contributed by atoms with Gasteiger partial charge >= 0.3 is 11.9 Å². The number of hydrogen-bond acceptors (Lipinski definition) is 4. The Balaban J connectivity index is 2.91. The van der Waals surface area contributed by atoms with E-state index in [2.05, 4.69) is 4.74 Å². The molecule has 1 rings (SSSR count). The van der Waals surface area contributed by atoms with Gasteiger partial charge in [0.05, 0.1) is 14.2 Å². The number of hydrogen-bond donors (Lipinski definition) is 0. The number of nitrogens with zero attached hydrogens (tertiary/aromatic N) is 1. The van der Waals surface area contributed by atoms with Crippen LogP contribution in [0.2, 0.25) is 0 Å². The Hall–Kier alpha value is -2.04. The zero-order chi connectivity index (χ0) is 12.1. The molecule has 0 aliphatic heterocycles. The lowest BCUT2D eigenvalue weighted by atomic mass is 10.3. The molecule has 0 aliphatic rings. The molecular weight excluding hydrogens is 210 g/mol. The van der Waals surface area contributed by atoms with E-state index in [1.54, 1.807) is 24.3 Å². The summed E-state index contributed by atoms with van der Waals surface area (Å²) in [4.78, 5) is 23.7. The summed E-state index contributed by atoms with van der Waals surface area (Å²) in [5.74, 6) is -1.01. The van der Waals surface area contributed by atoms with Crippen LogP contribution >= 0.6 is 0 Å². The summed E-state index contributed by atoms with van der Waals surface area (Å²) in [6, 6.07) is 6.83. The number of anilines is 1. The maximum absolute atomic E-state index is 11.5. The number of esters is 1. The highest BCUT2D eigenvalue weighted by Gasteiger charge is 2.20. The summed E-state index contributed by atoms with van der Waals surface area (Å²) in [5, 5.41) is 0. The second kappa shape index (κ2) is 5.16. The van der Waals surface area contributed by atoms with Crippen molar-refractivity contribution >= 4 is 17.6 Å². The Bertz CT molecular complexity index is 403. The first kappa shape index (κ1) is 12.0. The summed E-state index contributed by atoms with van der Waals surface area (Å²) in [7, 11) is 4.19. The highest BCUT2D eigenvalue weighted by Crippen LogP contribution is 2.19. The van der Waals surface area contributed by atoms with Crippen molar-refractivity contribution in [3.8, 4) is 5.75 Å². The molecule has 86 valence electrons. The maximum atomic E-state index is 11.5. The Morgan fingerprint density at radius 2 is 1.94 bits per heavy atom. The largest absolute Gasteiger partial charge is 0.497 e. The molecule has 0 radical (unpaired) electrons. The molecule has 0 N–H and O–H groups in total. The number of ether oxygens (including phenoxy) is 2. The molecule has 5 heteroatoms. The predicted octanol–water partition coefficient (Wildman–Crippen LogP) is 0.831. The molecule has 1 aromatic rings. The molecule has 0 unspecified atom stereocenters. The van der Waals surface area contributed by atoms with E-state index < -0.39 is 11.9 Å². The quantitative estimate of drug-likeness (QED) is 0.550. The van der Waals surface area contributed by atoms with Gasteiger partial charge in [-0.25, -0.2) is 4.79 Å². The third-order valence-corrected chi connectivity index (χ3v) is 2.11. The van der Waals surface area contributed by atoms with Crippen molar-refractivity contribution in [2.75, 3.05) is 26.2 Å². The van der Waals surface area contributed by atoms with Gasteiger partial charge in [0, 0.05) is 18.8 Å². The summed E-state index contributed by atoms with van der Waals surface area (Å²) >= 11 is 0. The van der Waals surface area contributed by atoms with Crippen LogP contribution in [0.25, 0.3) is 0 Å². The van der Waals surface area contributed by atoms with Crippen molar-refractivity contribution in [2.24, 2.45) is 0 Å². The molecule has 5 nitrogen and oxygen atoms in total. The molecule has 0 saturated heterocycles. The van der Waals surface area contributed by atoms with Crippen LogP contribution in [0.5, 0.6) is 5.75 Å². The van der Waals surface area contributed by atoms with E-state index in [1.165, 1.54) is 26.2 Å². The molecule has 0 atom stereocenters. The lowest BCUT2D eigenvalue weighted by molar-refractivity contribution is -0.151. The van der Waals surface area contributed by atoms with Crippen molar-refractivity contribution in [3.63, 3.8) is 0 Å². The van der Waals surface area contributed by atoms with Gasteiger partial charge in [0.2, 0.25) is 0 Å². The van der Waals surface area contributed by atoms with Crippen LogP contribution < -0.4 is 9.64 Å². The zero-order valence-corrected chi connectivity index (χ0v) is 9.39. The van der Waals surface area contributed by atoms with Gasteiger partial charge in [-0.2, -0.15) is 0 Å². The van der Waals surface area contributed by atoms with Crippen molar-refractivity contribution < 1.29 is 19.1 Å². The fourth-order valence-corrected chi connectivity index (χ4v) is 1.16. The van der Waals surface area contributed by atoms with Crippen molar-refractivity contribution in [1.82, 2.24) is 0 Å². The first-order chi connectivity index (χ1) is 7.60. The van der Waals surface area contributed by atoms with Crippen LogP contribution in [0.15, 0.2) is 24.3 Å². The monoisotopic (exact) mass is 223 g/mol. The topological polar surface area (TPSA) is 55.8 Å². The molecular formula is C11H13NO4. The third-order valence-electron chi connectivity index (χ3n) is 2.11. The summed E-state index contributed by atoms with van der Waals surface area (Å²) < 4.78 is 9.37. The Morgan fingerprint density at radius 3 is 2.50 bits per heavy atom. The zero-order valence-electron chi connectivity index (χ0n) is 9.39. The van der Waals surface area contributed by atoms with E-state index in [1.807, 2.05) is 0 Å². The fraction of sp³-hybridized carbons (Fsp3) is 0.273. The van der Waals surface area contributed by atoms with Gasteiger partial charge in [-0.1, -0.05) is 6.07 Å². The number of likely N-dealkylation sites (N-methyl/N-ethyl adjacent to an activating group) is 1. The minimum atomic E-state index is -0.898. The van der Waals surface area contributed by atoms with Gasteiger partial charge in [-0.15, -0.1) is 0 Å². The van der Waals surface area contributed by atoms with Crippen LogP contribution in [-0.2, 0) is 14.3 Å². The van der Waals surface area contributed by atoms with Crippen molar-refractivity contribution in [3.05, 3.63) is 24.3 Å². The first-order valence-electron chi connectivity index (χ1n) is 4.60. The van der Waals surface area contributed by atoms with Crippen LogP contribution in [0.4, 0.5) is 5.69 Å². The van der Waals surface area contributed by atoms with Gasteiger partial charge in [0.15, 0.2) is 0 Å². The molecule has 0 aromatic heterocycles. The Kier molecular flexibility index (Phi) is 3.88. The fourth-order valence-electron chi connectivity index (χ4n) is 1.16. The number of carbonyl (C=O) groups excluding carboxylic acids is 2. The standard InChI is InChI=1S/C11H13NO4/c1-12(10(13)11(14)16-3)8-5-4-6-9(7-8)15-2/h4-7H,1-3H3. The second-order valence-electron chi connectivity index (χ2n) is 3.06. The van der Waals surface area contributed by atoms with Crippen molar-refractivity contribution in [1.29, 1.82) is 0 Å². The molecule has 0 fully saturated rings. The van der Waals surface area contributed by atoms with E-state index in [0.29, 0.717) is 11.4 Å². The average Bonchev–Trinajstić information content (AvgIpc) is 2.36. The summed E-state index contributed by atoms with van der Waals surface area (Å²) in [6.07, 6.45) is 0. The number of benzene rings is 1. The SMILES string of the molecule is COC(=O)C(=O)N(C)c1cccc(OC)c1. The molecule has 16 heavy (non-hydrogen) atoms. The highest BCUT2D eigenvalue weighted by molar-refractivity contribution is 6.37. The van der Waals surface area contributed by atoms with Crippen LogP contribution in [0.1, 0.15) is 0 Å². The minimum absolute atomic E-state index is 0.565. The molecule has 0 spiro atoms. The predicted molar refractivity (Wildman–Crippen MR) is 58.4 cm³/mol. The first-order valence-corrected chi connectivity index (χ1v) is 4.60.